The number of phenols is 1. The van der Waals surface area contributed by atoms with Crippen LogP contribution < -0.4 is 10.6 Å². The summed E-state index contributed by atoms with van der Waals surface area (Å²) in [5.41, 5.74) is 0.630. The fourth-order valence-corrected chi connectivity index (χ4v) is 3.36. The Labute approximate surface area is 153 Å². The molecule has 1 aliphatic rings. The number of carbonyl (C=O) groups is 1. The van der Waals surface area contributed by atoms with Crippen molar-refractivity contribution in [3.8, 4) is 5.75 Å². The lowest BCUT2D eigenvalue weighted by Crippen LogP contribution is -2.33. The molecule has 0 radical (unpaired) electrons. The van der Waals surface area contributed by atoms with Gasteiger partial charge in [0.1, 0.15) is 11.6 Å². The molecule has 1 saturated carbocycles. The maximum atomic E-state index is 12.1. The number of anilines is 1. The molecule has 1 fully saturated rings. The lowest BCUT2D eigenvalue weighted by atomic mass is 9.89. The molecule has 26 heavy (non-hydrogen) atoms. The summed E-state index contributed by atoms with van der Waals surface area (Å²) in [6.07, 6.45) is 7.12. The Morgan fingerprint density at radius 1 is 1.19 bits per heavy atom. The Hall–Kier alpha value is -2.54. The third-order valence-electron chi connectivity index (χ3n) is 4.85. The van der Waals surface area contributed by atoms with Crippen molar-refractivity contribution in [2.45, 2.75) is 44.8 Å². The molecule has 4 N–H and O–H groups in total. The van der Waals surface area contributed by atoms with Crippen LogP contribution in [0.3, 0.4) is 0 Å². The lowest BCUT2D eigenvalue weighted by molar-refractivity contribution is 0.175. The number of aromatic nitrogens is 2. The van der Waals surface area contributed by atoms with Crippen LogP contribution in [0.25, 0.3) is 0 Å². The molecule has 140 valence electrons. The van der Waals surface area contributed by atoms with Gasteiger partial charge in [-0.15, -0.1) is 0 Å². The van der Waals surface area contributed by atoms with Gasteiger partial charge >= 0.3 is 6.03 Å². The van der Waals surface area contributed by atoms with Crippen molar-refractivity contribution in [2.75, 3.05) is 11.9 Å². The first-order valence-electron chi connectivity index (χ1n) is 9.15. The average molecular weight is 358 g/mol. The van der Waals surface area contributed by atoms with Gasteiger partial charge in [0, 0.05) is 19.2 Å². The number of rotatable bonds is 6. The van der Waals surface area contributed by atoms with E-state index < -0.39 is 6.10 Å². The lowest BCUT2D eigenvalue weighted by Gasteiger charge is -2.22. The van der Waals surface area contributed by atoms with Gasteiger partial charge in [-0.25, -0.2) is 9.48 Å². The van der Waals surface area contributed by atoms with E-state index in [1.54, 1.807) is 24.4 Å². The van der Waals surface area contributed by atoms with Gasteiger partial charge in [-0.2, -0.15) is 5.10 Å². The largest absolute Gasteiger partial charge is 0.508 e. The van der Waals surface area contributed by atoms with E-state index in [1.807, 2.05) is 4.68 Å². The number of phenolic OH excluding ortho intramolecular Hbond substituents is 1. The predicted octanol–water partition coefficient (Wildman–Crippen LogP) is 3.02. The van der Waals surface area contributed by atoms with Crippen molar-refractivity contribution in [3.63, 3.8) is 0 Å². The number of aromatic hydroxyl groups is 1. The molecule has 0 saturated heterocycles. The molecule has 1 atom stereocenters. The van der Waals surface area contributed by atoms with Crippen molar-refractivity contribution in [1.82, 2.24) is 15.1 Å². The van der Waals surface area contributed by atoms with E-state index in [1.165, 1.54) is 44.2 Å². The number of aliphatic hydroxyl groups excluding tert-OH is 1. The van der Waals surface area contributed by atoms with Crippen molar-refractivity contribution < 1.29 is 15.0 Å². The van der Waals surface area contributed by atoms with Gasteiger partial charge < -0.3 is 15.5 Å². The number of benzene rings is 1. The van der Waals surface area contributed by atoms with E-state index >= 15 is 0 Å². The third kappa shape index (κ3) is 4.98. The van der Waals surface area contributed by atoms with Gasteiger partial charge in [0.15, 0.2) is 0 Å². The first kappa shape index (κ1) is 18.3. The van der Waals surface area contributed by atoms with Crippen molar-refractivity contribution in [1.29, 1.82) is 0 Å². The Kier molecular flexibility index (Phi) is 6.12. The van der Waals surface area contributed by atoms with Crippen LogP contribution >= 0.6 is 0 Å². The fraction of sp³-hybridized carbons (Fsp3) is 0.474. The molecule has 0 bridgehead atoms. The second kappa shape index (κ2) is 8.71. The van der Waals surface area contributed by atoms with Gasteiger partial charge in [0.2, 0.25) is 0 Å². The quantitative estimate of drug-likeness (QED) is 0.638. The summed E-state index contributed by atoms with van der Waals surface area (Å²) in [7, 11) is 0. The maximum Gasteiger partial charge on any atom is 0.320 e. The highest BCUT2D eigenvalue weighted by molar-refractivity contribution is 5.88. The van der Waals surface area contributed by atoms with Gasteiger partial charge in [0.05, 0.1) is 12.3 Å². The number of hydrogen-bond donors (Lipinski definition) is 4. The van der Waals surface area contributed by atoms with Gasteiger partial charge in [0.25, 0.3) is 0 Å². The minimum absolute atomic E-state index is 0.0768. The molecule has 2 amide bonds. The Morgan fingerprint density at radius 2 is 1.92 bits per heavy atom. The van der Waals surface area contributed by atoms with Gasteiger partial charge in [-0.3, -0.25) is 5.32 Å². The van der Waals surface area contributed by atoms with Crippen LogP contribution in [0, 0.1) is 5.92 Å². The molecule has 0 aliphatic heterocycles. The Bertz CT molecular complexity index is 708. The summed E-state index contributed by atoms with van der Waals surface area (Å²) < 4.78 is 1.84. The zero-order chi connectivity index (χ0) is 18.4. The smallest absolute Gasteiger partial charge is 0.320 e. The molecular weight excluding hydrogens is 332 g/mol. The first-order valence-corrected chi connectivity index (χ1v) is 9.15. The third-order valence-corrected chi connectivity index (χ3v) is 4.85. The van der Waals surface area contributed by atoms with Gasteiger partial charge in [-0.05, 0) is 36.5 Å². The Morgan fingerprint density at radius 3 is 2.65 bits per heavy atom. The van der Waals surface area contributed by atoms with E-state index in [4.69, 9.17) is 0 Å². The van der Waals surface area contributed by atoms with E-state index in [2.05, 4.69) is 15.7 Å². The topological polar surface area (TPSA) is 99.4 Å². The number of urea groups is 1. The van der Waals surface area contributed by atoms with Crippen molar-refractivity contribution >= 4 is 11.8 Å². The zero-order valence-electron chi connectivity index (χ0n) is 14.8. The summed E-state index contributed by atoms with van der Waals surface area (Å²) in [6, 6.07) is 7.65. The maximum absolute atomic E-state index is 12.1. The molecule has 1 heterocycles. The summed E-state index contributed by atoms with van der Waals surface area (Å²) in [6.45, 7) is 0.895. The molecular formula is C19H26N4O3. The molecule has 7 heteroatoms. The highest BCUT2D eigenvalue weighted by atomic mass is 16.3. The molecule has 1 aromatic carbocycles. The predicted molar refractivity (Wildman–Crippen MR) is 98.9 cm³/mol. The normalized spacial score (nSPS) is 16.2. The van der Waals surface area contributed by atoms with Crippen LogP contribution in [0.5, 0.6) is 5.75 Å². The standard InChI is InChI=1S/C19H26N4O3/c24-16-8-6-15(7-9-16)17(25)12-20-19(26)22-18-10-11-21-23(18)13-14-4-2-1-3-5-14/h6-11,14,17,24-25H,1-5,12-13H2,(H2,20,22,26). The van der Waals surface area contributed by atoms with E-state index in [9.17, 15) is 15.0 Å². The number of amides is 2. The van der Waals surface area contributed by atoms with Crippen LogP contribution in [-0.2, 0) is 6.54 Å². The summed E-state index contributed by atoms with van der Waals surface area (Å²) in [4.78, 5) is 12.1. The van der Waals surface area contributed by atoms with Crippen LogP contribution in [0.15, 0.2) is 36.5 Å². The number of nitrogens with one attached hydrogen (secondary N) is 2. The average Bonchev–Trinajstić information content (AvgIpc) is 3.08. The first-order chi connectivity index (χ1) is 12.6. The number of aliphatic hydroxyl groups is 1. The SMILES string of the molecule is O=C(NCC(O)c1ccc(O)cc1)Nc1ccnn1CC1CCCCC1. The highest BCUT2D eigenvalue weighted by Gasteiger charge is 2.17. The second-order valence-corrected chi connectivity index (χ2v) is 6.84. The van der Waals surface area contributed by atoms with Crippen molar-refractivity contribution in [3.05, 3.63) is 42.1 Å². The van der Waals surface area contributed by atoms with Crippen LogP contribution in [0.1, 0.15) is 43.8 Å². The molecule has 1 aromatic heterocycles. The van der Waals surface area contributed by atoms with E-state index in [-0.39, 0.29) is 18.3 Å². The molecule has 7 nitrogen and oxygen atoms in total. The van der Waals surface area contributed by atoms with E-state index in [0.29, 0.717) is 17.3 Å². The summed E-state index contributed by atoms with van der Waals surface area (Å²) >= 11 is 0. The minimum atomic E-state index is -0.839. The van der Waals surface area contributed by atoms with Crippen LogP contribution in [0.4, 0.5) is 10.6 Å². The monoisotopic (exact) mass is 358 g/mol. The second-order valence-electron chi connectivity index (χ2n) is 6.84. The number of nitrogens with zero attached hydrogens (tertiary/aromatic N) is 2. The fourth-order valence-electron chi connectivity index (χ4n) is 3.36. The van der Waals surface area contributed by atoms with E-state index in [0.717, 1.165) is 6.54 Å². The minimum Gasteiger partial charge on any atom is -0.508 e. The summed E-state index contributed by atoms with van der Waals surface area (Å²) in [5, 5.41) is 29.2. The Balaban J connectivity index is 1.49. The van der Waals surface area contributed by atoms with Crippen LogP contribution in [-0.4, -0.2) is 32.6 Å². The zero-order valence-corrected chi connectivity index (χ0v) is 14.8. The summed E-state index contributed by atoms with van der Waals surface area (Å²) in [5.74, 6) is 1.41. The number of hydrogen-bond acceptors (Lipinski definition) is 4. The number of carbonyl (C=O) groups excluding carboxylic acids is 1. The molecule has 2 aromatic rings. The highest BCUT2D eigenvalue weighted by Crippen LogP contribution is 2.25. The van der Waals surface area contributed by atoms with Crippen molar-refractivity contribution in [2.24, 2.45) is 5.92 Å². The molecule has 1 unspecified atom stereocenters. The molecule has 3 rings (SSSR count). The molecule has 1 aliphatic carbocycles. The van der Waals surface area contributed by atoms with Crippen LogP contribution in [0.2, 0.25) is 0 Å². The molecule has 0 spiro atoms. The van der Waals surface area contributed by atoms with Gasteiger partial charge in [-0.1, -0.05) is 31.4 Å².